The lowest BCUT2D eigenvalue weighted by Gasteiger charge is -2.04. The van der Waals surface area contributed by atoms with E-state index in [2.05, 4.69) is 15.2 Å². The van der Waals surface area contributed by atoms with Crippen LogP contribution in [0.4, 0.5) is 4.39 Å². The number of aromatic nitrogens is 3. The molecule has 0 radical (unpaired) electrons. The average molecular weight is 253 g/mol. The predicted octanol–water partition coefficient (Wildman–Crippen LogP) is 3.59. The lowest BCUT2D eigenvalue weighted by Crippen LogP contribution is -1.87. The highest BCUT2D eigenvalue weighted by molar-refractivity contribution is 5.82. The molecule has 0 fully saturated rings. The Balaban J connectivity index is 2.20. The van der Waals surface area contributed by atoms with E-state index >= 15 is 0 Å². The Morgan fingerprint density at radius 1 is 1.05 bits per heavy atom. The SMILES string of the molecule is Cc1[nH]nc(-c2ccccc2)c1-c1cncc(F)c1. The number of aryl methyl sites for hydroxylation is 1. The van der Waals surface area contributed by atoms with Crippen LogP contribution in [-0.4, -0.2) is 15.2 Å². The minimum absolute atomic E-state index is 0.350. The first-order chi connectivity index (χ1) is 9.25. The molecule has 0 atom stereocenters. The molecule has 0 saturated carbocycles. The van der Waals surface area contributed by atoms with Crippen molar-refractivity contribution in [2.45, 2.75) is 6.92 Å². The van der Waals surface area contributed by atoms with Gasteiger partial charge < -0.3 is 0 Å². The van der Waals surface area contributed by atoms with Gasteiger partial charge in [-0.2, -0.15) is 5.10 Å². The number of benzene rings is 1. The lowest BCUT2D eigenvalue weighted by atomic mass is 10.0. The Bertz CT molecular complexity index is 704. The van der Waals surface area contributed by atoms with Crippen LogP contribution in [0.1, 0.15) is 5.69 Å². The fraction of sp³-hybridized carbons (Fsp3) is 0.0667. The summed E-state index contributed by atoms with van der Waals surface area (Å²) in [5.41, 5.74) is 4.31. The topological polar surface area (TPSA) is 41.6 Å². The molecule has 2 aromatic heterocycles. The molecule has 3 aromatic rings. The van der Waals surface area contributed by atoms with Crippen LogP contribution in [0.25, 0.3) is 22.4 Å². The molecule has 2 heterocycles. The molecular weight excluding hydrogens is 241 g/mol. The van der Waals surface area contributed by atoms with Gasteiger partial charge in [-0.15, -0.1) is 0 Å². The Kier molecular flexibility index (Phi) is 2.83. The van der Waals surface area contributed by atoms with Crippen LogP contribution in [0, 0.1) is 12.7 Å². The molecule has 0 amide bonds. The van der Waals surface area contributed by atoms with Gasteiger partial charge in [0.1, 0.15) is 11.5 Å². The van der Waals surface area contributed by atoms with E-state index in [0.717, 1.165) is 28.1 Å². The number of H-pyrrole nitrogens is 1. The number of pyridine rings is 1. The molecule has 4 heteroatoms. The largest absolute Gasteiger partial charge is 0.282 e. The van der Waals surface area contributed by atoms with Gasteiger partial charge >= 0.3 is 0 Å². The Labute approximate surface area is 110 Å². The summed E-state index contributed by atoms with van der Waals surface area (Å²) < 4.78 is 13.3. The molecule has 0 bridgehead atoms. The number of nitrogens with zero attached hydrogens (tertiary/aromatic N) is 2. The molecule has 94 valence electrons. The minimum Gasteiger partial charge on any atom is -0.282 e. The van der Waals surface area contributed by atoms with E-state index in [1.54, 1.807) is 6.20 Å². The van der Waals surface area contributed by atoms with Crippen molar-refractivity contribution < 1.29 is 4.39 Å². The van der Waals surface area contributed by atoms with Gasteiger partial charge in [-0.05, 0) is 13.0 Å². The zero-order valence-corrected chi connectivity index (χ0v) is 10.4. The summed E-state index contributed by atoms with van der Waals surface area (Å²) in [6.07, 6.45) is 2.84. The van der Waals surface area contributed by atoms with E-state index < -0.39 is 0 Å². The van der Waals surface area contributed by atoms with Crippen molar-refractivity contribution in [2.24, 2.45) is 0 Å². The smallest absolute Gasteiger partial charge is 0.142 e. The first kappa shape index (κ1) is 11.6. The molecule has 0 saturated heterocycles. The molecule has 3 nitrogen and oxygen atoms in total. The van der Waals surface area contributed by atoms with Crippen LogP contribution >= 0.6 is 0 Å². The predicted molar refractivity (Wildman–Crippen MR) is 71.9 cm³/mol. The maximum absolute atomic E-state index is 13.3. The van der Waals surface area contributed by atoms with Crippen LogP contribution < -0.4 is 0 Å². The molecule has 1 aromatic carbocycles. The molecule has 0 aliphatic carbocycles. The normalized spacial score (nSPS) is 10.6. The van der Waals surface area contributed by atoms with Gasteiger partial charge in [-0.25, -0.2) is 4.39 Å². The second-order valence-corrected chi connectivity index (χ2v) is 4.33. The molecular formula is C15H12FN3. The van der Waals surface area contributed by atoms with Gasteiger partial charge in [0, 0.05) is 28.6 Å². The van der Waals surface area contributed by atoms with Crippen molar-refractivity contribution in [3.63, 3.8) is 0 Å². The first-order valence-corrected chi connectivity index (χ1v) is 5.97. The summed E-state index contributed by atoms with van der Waals surface area (Å²) in [5.74, 6) is -0.350. The summed E-state index contributed by atoms with van der Waals surface area (Å²) in [6.45, 7) is 1.92. The monoisotopic (exact) mass is 253 g/mol. The standard InChI is InChI=1S/C15H12FN3/c1-10-14(12-7-13(16)9-17-8-12)15(19-18-10)11-5-3-2-4-6-11/h2-9H,1H3,(H,18,19). The molecule has 1 N–H and O–H groups in total. The molecule has 19 heavy (non-hydrogen) atoms. The Morgan fingerprint density at radius 2 is 1.84 bits per heavy atom. The van der Waals surface area contributed by atoms with Gasteiger partial charge in [0.05, 0.1) is 6.20 Å². The second kappa shape index (κ2) is 4.65. The zero-order valence-electron chi connectivity index (χ0n) is 10.4. The van der Waals surface area contributed by atoms with Crippen molar-refractivity contribution in [2.75, 3.05) is 0 Å². The highest BCUT2D eigenvalue weighted by Gasteiger charge is 2.14. The maximum atomic E-state index is 13.3. The Morgan fingerprint density at radius 3 is 2.58 bits per heavy atom. The highest BCUT2D eigenvalue weighted by atomic mass is 19.1. The average Bonchev–Trinajstić information content (AvgIpc) is 2.82. The number of hydrogen-bond acceptors (Lipinski definition) is 2. The van der Waals surface area contributed by atoms with Crippen LogP contribution in [-0.2, 0) is 0 Å². The van der Waals surface area contributed by atoms with E-state index in [1.165, 1.54) is 12.3 Å². The summed E-state index contributed by atoms with van der Waals surface area (Å²) >= 11 is 0. The van der Waals surface area contributed by atoms with Crippen LogP contribution in [0.15, 0.2) is 48.8 Å². The van der Waals surface area contributed by atoms with E-state index in [1.807, 2.05) is 37.3 Å². The molecule has 0 unspecified atom stereocenters. The summed E-state index contributed by atoms with van der Waals surface area (Å²) in [5, 5.41) is 7.27. The second-order valence-electron chi connectivity index (χ2n) is 4.33. The van der Waals surface area contributed by atoms with Crippen LogP contribution in [0.2, 0.25) is 0 Å². The van der Waals surface area contributed by atoms with Crippen molar-refractivity contribution >= 4 is 0 Å². The van der Waals surface area contributed by atoms with Crippen molar-refractivity contribution in [3.05, 3.63) is 60.3 Å². The number of halogens is 1. The number of nitrogens with one attached hydrogen (secondary N) is 1. The van der Waals surface area contributed by atoms with Gasteiger partial charge in [0.25, 0.3) is 0 Å². The van der Waals surface area contributed by atoms with Gasteiger partial charge in [-0.3, -0.25) is 10.1 Å². The van der Waals surface area contributed by atoms with Gasteiger partial charge in [-0.1, -0.05) is 30.3 Å². The third-order valence-electron chi connectivity index (χ3n) is 2.99. The number of aromatic amines is 1. The zero-order chi connectivity index (χ0) is 13.2. The third kappa shape index (κ3) is 2.12. The Hall–Kier alpha value is -2.49. The number of hydrogen-bond donors (Lipinski definition) is 1. The molecule has 3 rings (SSSR count). The van der Waals surface area contributed by atoms with E-state index in [9.17, 15) is 4.39 Å². The maximum Gasteiger partial charge on any atom is 0.142 e. The van der Waals surface area contributed by atoms with Gasteiger partial charge in [0.2, 0.25) is 0 Å². The fourth-order valence-corrected chi connectivity index (χ4v) is 2.14. The number of rotatable bonds is 2. The molecule has 0 aliphatic rings. The quantitative estimate of drug-likeness (QED) is 0.758. The molecule has 0 aliphatic heterocycles. The first-order valence-electron chi connectivity index (χ1n) is 5.97. The van der Waals surface area contributed by atoms with Gasteiger partial charge in [0.15, 0.2) is 0 Å². The minimum atomic E-state index is -0.350. The lowest BCUT2D eigenvalue weighted by molar-refractivity contribution is 0.622. The van der Waals surface area contributed by atoms with Crippen LogP contribution in [0.3, 0.4) is 0 Å². The third-order valence-corrected chi connectivity index (χ3v) is 2.99. The van der Waals surface area contributed by atoms with Crippen LogP contribution in [0.5, 0.6) is 0 Å². The van der Waals surface area contributed by atoms with E-state index in [4.69, 9.17) is 0 Å². The van der Waals surface area contributed by atoms with Crippen molar-refractivity contribution in [1.82, 2.24) is 15.2 Å². The summed E-state index contributed by atoms with van der Waals surface area (Å²) in [4.78, 5) is 3.90. The highest BCUT2D eigenvalue weighted by Crippen LogP contribution is 2.32. The van der Waals surface area contributed by atoms with E-state index in [-0.39, 0.29) is 5.82 Å². The summed E-state index contributed by atoms with van der Waals surface area (Å²) in [6, 6.07) is 11.3. The summed E-state index contributed by atoms with van der Waals surface area (Å²) in [7, 11) is 0. The van der Waals surface area contributed by atoms with Crippen molar-refractivity contribution in [1.29, 1.82) is 0 Å². The van der Waals surface area contributed by atoms with Crippen molar-refractivity contribution in [3.8, 4) is 22.4 Å². The molecule has 0 spiro atoms. The fourth-order valence-electron chi connectivity index (χ4n) is 2.14. The van der Waals surface area contributed by atoms with E-state index in [0.29, 0.717) is 0 Å².